The van der Waals surface area contributed by atoms with Crippen molar-refractivity contribution in [2.75, 3.05) is 45.0 Å². The molecule has 4 unspecified atom stereocenters. The van der Waals surface area contributed by atoms with Gasteiger partial charge < -0.3 is 30.9 Å². The fourth-order valence-electron chi connectivity index (χ4n) is 4.01. The second-order valence-corrected chi connectivity index (χ2v) is 8.16. The molecule has 4 heterocycles. The maximum Gasteiger partial charge on any atom is 0.252 e. The van der Waals surface area contributed by atoms with Gasteiger partial charge in [-0.3, -0.25) is 19.1 Å². The molecule has 34 heavy (non-hydrogen) atoms. The first-order valence-electron chi connectivity index (χ1n) is 11.1. The van der Waals surface area contributed by atoms with Gasteiger partial charge in [-0.05, 0) is 12.8 Å². The smallest absolute Gasteiger partial charge is 0.252 e. The zero-order chi connectivity index (χ0) is 24.4. The Morgan fingerprint density at radius 1 is 1.24 bits per heavy atom. The van der Waals surface area contributed by atoms with Gasteiger partial charge in [-0.1, -0.05) is 5.92 Å². The molecular formula is C21H28N8O5. The zero-order valence-electron chi connectivity index (χ0n) is 19.0. The van der Waals surface area contributed by atoms with E-state index in [9.17, 15) is 19.8 Å². The lowest BCUT2D eigenvalue weighted by molar-refractivity contribution is -0.137. The standard InChI is InChI=1S/C21H28N8O5/c1-3-23-20(33)17-15(31)16(32)21(34-17)29-11-24-14-18(22)25-13(26-19(14)29)5-4-6-27-7-9-28(10-8-27)12(2)30/h11,15-17,21,31-32H,3,6-10H2,1-2H3,(H,23,33)(H2,22,25,26). The van der Waals surface area contributed by atoms with E-state index in [0.717, 1.165) is 13.1 Å². The van der Waals surface area contributed by atoms with Gasteiger partial charge in [-0.25, -0.2) is 15.0 Å². The number of nitrogen functional groups attached to an aromatic ring is 1. The number of nitrogens with one attached hydrogen (secondary N) is 1. The van der Waals surface area contributed by atoms with E-state index in [0.29, 0.717) is 26.2 Å². The predicted octanol–water partition coefficient (Wildman–Crippen LogP) is -2.32. The van der Waals surface area contributed by atoms with Crippen molar-refractivity contribution >= 4 is 28.8 Å². The van der Waals surface area contributed by atoms with Crippen LogP contribution >= 0.6 is 0 Å². The number of aliphatic hydroxyl groups is 2. The summed E-state index contributed by atoms with van der Waals surface area (Å²) >= 11 is 0. The molecule has 2 aliphatic rings. The molecule has 4 rings (SSSR count). The van der Waals surface area contributed by atoms with Gasteiger partial charge in [0.15, 0.2) is 23.8 Å². The van der Waals surface area contributed by atoms with E-state index in [2.05, 4.69) is 37.0 Å². The summed E-state index contributed by atoms with van der Waals surface area (Å²) in [6.45, 7) is 6.94. The normalized spacial score (nSPS) is 25.2. The van der Waals surface area contributed by atoms with Crippen molar-refractivity contribution in [3.05, 3.63) is 12.2 Å². The Balaban J connectivity index is 1.52. The van der Waals surface area contributed by atoms with Crippen molar-refractivity contribution in [1.29, 1.82) is 0 Å². The molecular weight excluding hydrogens is 444 g/mol. The Bertz CT molecular complexity index is 1130. The topological polar surface area (TPSA) is 172 Å². The Morgan fingerprint density at radius 2 is 1.97 bits per heavy atom. The highest BCUT2D eigenvalue weighted by Gasteiger charge is 2.47. The minimum atomic E-state index is -1.42. The largest absolute Gasteiger partial charge is 0.387 e. The van der Waals surface area contributed by atoms with E-state index in [1.54, 1.807) is 18.7 Å². The second-order valence-electron chi connectivity index (χ2n) is 8.16. The number of hydrogen-bond acceptors (Lipinski definition) is 10. The summed E-state index contributed by atoms with van der Waals surface area (Å²) in [6.07, 6.45) is -3.78. The number of anilines is 1. The molecule has 182 valence electrons. The lowest BCUT2D eigenvalue weighted by Crippen LogP contribution is -2.47. The second kappa shape index (κ2) is 9.90. The van der Waals surface area contributed by atoms with Crippen LogP contribution in [0.1, 0.15) is 25.9 Å². The summed E-state index contributed by atoms with van der Waals surface area (Å²) in [5.74, 6) is 5.75. The summed E-state index contributed by atoms with van der Waals surface area (Å²) in [7, 11) is 0. The van der Waals surface area contributed by atoms with Gasteiger partial charge in [0.2, 0.25) is 11.7 Å². The number of imidazole rings is 1. The van der Waals surface area contributed by atoms with Gasteiger partial charge in [0.05, 0.1) is 12.9 Å². The number of ether oxygens (including phenoxy) is 1. The lowest BCUT2D eigenvalue weighted by atomic mass is 10.1. The molecule has 2 aliphatic heterocycles. The molecule has 5 N–H and O–H groups in total. The predicted molar refractivity (Wildman–Crippen MR) is 120 cm³/mol. The first kappa shape index (κ1) is 23.8. The molecule has 2 aromatic rings. The molecule has 0 aliphatic carbocycles. The average Bonchev–Trinajstić information content (AvgIpc) is 3.36. The number of rotatable bonds is 4. The van der Waals surface area contributed by atoms with Gasteiger partial charge in [0, 0.05) is 39.6 Å². The monoisotopic (exact) mass is 472 g/mol. The highest BCUT2D eigenvalue weighted by molar-refractivity contribution is 5.83. The molecule has 0 bridgehead atoms. The summed E-state index contributed by atoms with van der Waals surface area (Å²) in [5.41, 5.74) is 6.60. The quantitative estimate of drug-likeness (QED) is 0.354. The number of carbonyl (C=O) groups excluding carboxylic acids is 2. The van der Waals surface area contributed by atoms with E-state index < -0.39 is 30.4 Å². The molecule has 4 atom stereocenters. The van der Waals surface area contributed by atoms with Gasteiger partial charge in [-0.15, -0.1) is 0 Å². The summed E-state index contributed by atoms with van der Waals surface area (Å²) in [5, 5.41) is 23.4. The molecule has 2 amide bonds. The van der Waals surface area contributed by atoms with Crippen LogP contribution in [0.5, 0.6) is 0 Å². The number of carbonyl (C=O) groups is 2. The van der Waals surface area contributed by atoms with Crippen molar-refractivity contribution in [1.82, 2.24) is 34.6 Å². The van der Waals surface area contributed by atoms with Crippen molar-refractivity contribution in [3.8, 4) is 11.8 Å². The zero-order valence-corrected chi connectivity index (χ0v) is 19.0. The summed E-state index contributed by atoms with van der Waals surface area (Å²) < 4.78 is 7.07. The third kappa shape index (κ3) is 4.66. The van der Waals surface area contributed by atoms with Crippen LogP contribution < -0.4 is 11.1 Å². The molecule has 2 aromatic heterocycles. The van der Waals surface area contributed by atoms with Crippen molar-refractivity contribution in [2.24, 2.45) is 0 Å². The fourth-order valence-corrected chi connectivity index (χ4v) is 4.01. The Kier molecular flexibility index (Phi) is 6.94. The Morgan fingerprint density at radius 3 is 2.65 bits per heavy atom. The lowest BCUT2D eigenvalue weighted by Gasteiger charge is -2.32. The van der Waals surface area contributed by atoms with Crippen LogP contribution in [0.3, 0.4) is 0 Å². The number of amides is 2. The number of hydrogen-bond donors (Lipinski definition) is 4. The van der Waals surface area contributed by atoms with E-state index in [4.69, 9.17) is 10.5 Å². The first-order chi connectivity index (χ1) is 16.3. The number of aliphatic hydroxyl groups excluding tert-OH is 2. The minimum absolute atomic E-state index is 0.0701. The van der Waals surface area contributed by atoms with Gasteiger partial charge in [-0.2, -0.15) is 0 Å². The minimum Gasteiger partial charge on any atom is -0.387 e. The fraction of sp³-hybridized carbons (Fsp3) is 0.571. The number of nitrogens with zero attached hydrogens (tertiary/aromatic N) is 6. The molecule has 13 heteroatoms. The van der Waals surface area contributed by atoms with Crippen LogP contribution in [0.4, 0.5) is 5.82 Å². The van der Waals surface area contributed by atoms with E-state index in [1.165, 1.54) is 10.9 Å². The molecule has 0 spiro atoms. The van der Waals surface area contributed by atoms with Crippen LogP contribution in [0.2, 0.25) is 0 Å². The van der Waals surface area contributed by atoms with Crippen LogP contribution in [-0.4, -0.2) is 109 Å². The maximum atomic E-state index is 12.2. The van der Waals surface area contributed by atoms with Gasteiger partial charge >= 0.3 is 0 Å². The highest BCUT2D eigenvalue weighted by atomic mass is 16.6. The SMILES string of the molecule is CCNC(=O)C1OC(n2cnc3c(N)nc(C#CCN4CCN(C(C)=O)CC4)nc32)C(O)C1O. The van der Waals surface area contributed by atoms with Crippen molar-refractivity contribution in [3.63, 3.8) is 0 Å². The molecule has 0 radical (unpaired) electrons. The molecule has 13 nitrogen and oxygen atoms in total. The Labute approximate surface area is 195 Å². The number of fused-ring (bicyclic) bond motifs is 1. The number of piperazine rings is 1. The van der Waals surface area contributed by atoms with Crippen molar-refractivity contribution < 1.29 is 24.5 Å². The van der Waals surface area contributed by atoms with E-state index in [-0.39, 0.29) is 28.7 Å². The number of aromatic nitrogens is 4. The third-order valence-corrected chi connectivity index (χ3v) is 5.89. The van der Waals surface area contributed by atoms with E-state index >= 15 is 0 Å². The highest BCUT2D eigenvalue weighted by Crippen LogP contribution is 2.32. The average molecular weight is 473 g/mol. The Hall–Kier alpha value is -3.31. The van der Waals surface area contributed by atoms with Crippen LogP contribution in [0, 0.1) is 11.8 Å². The maximum absolute atomic E-state index is 12.2. The number of likely N-dealkylation sites (N-methyl/N-ethyl adjacent to an activating group) is 1. The van der Waals surface area contributed by atoms with Crippen LogP contribution in [-0.2, 0) is 14.3 Å². The molecule has 0 saturated carbocycles. The molecule has 2 fully saturated rings. The molecule has 2 saturated heterocycles. The van der Waals surface area contributed by atoms with Gasteiger partial charge in [0.1, 0.15) is 17.7 Å². The number of nitrogens with two attached hydrogens (primary N) is 1. The van der Waals surface area contributed by atoms with Gasteiger partial charge in [0.25, 0.3) is 5.91 Å². The summed E-state index contributed by atoms with van der Waals surface area (Å²) in [4.78, 5) is 40.3. The van der Waals surface area contributed by atoms with Crippen molar-refractivity contribution in [2.45, 2.75) is 38.4 Å². The van der Waals surface area contributed by atoms with E-state index in [1.807, 2.05) is 0 Å². The van der Waals surface area contributed by atoms with Crippen LogP contribution in [0.15, 0.2) is 6.33 Å². The summed E-state index contributed by atoms with van der Waals surface area (Å²) in [6, 6.07) is 0. The first-order valence-corrected chi connectivity index (χ1v) is 11.1. The molecule has 0 aromatic carbocycles. The van der Waals surface area contributed by atoms with Crippen LogP contribution in [0.25, 0.3) is 11.2 Å². The third-order valence-electron chi connectivity index (χ3n) is 5.89.